The highest BCUT2D eigenvalue weighted by Crippen LogP contribution is 2.32. The van der Waals surface area contributed by atoms with E-state index in [-0.39, 0.29) is 5.91 Å². The van der Waals surface area contributed by atoms with E-state index in [1.807, 2.05) is 6.07 Å². The zero-order valence-electron chi connectivity index (χ0n) is 11.9. The summed E-state index contributed by atoms with van der Waals surface area (Å²) in [4.78, 5) is 13.3. The highest BCUT2D eigenvalue weighted by atomic mass is 16.5. The van der Waals surface area contributed by atoms with E-state index in [4.69, 9.17) is 4.74 Å². The largest absolute Gasteiger partial charge is 0.497 e. The number of likely N-dealkylation sites (N-methyl/N-ethyl adjacent to an activating group) is 1. The Hall–Kier alpha value is -1.55. The van der Waals surface area contributed by atoms with Gasteiger partial charge in [0.2, 0.25) is 5.91 Å². The van der Waals surface area contributed by atoms with Crippen molar-refractivity contribution < 1.29 is 9.53 Å². The molecule has 1 aromatic carbocycles. The molecule has 1 aromatic rings. The van der Waals surface area contributed by atoms with Crippen LogP contribution in [0.25, 0.3) is 0 Å². The molecular formula is C15H22N2O2. The van der Waals surface area contributed by atoms with Gasteiger partial charge >= 0.3 is 0 Å². The molecule has 2 rings (SSSR count). The third-order valence-electron chi connectivity index (χ3n) is 3.63. The van der Waals surface area contributed by atoms with Gasteiger partial charge in [-0.3, -0.25) is 4.79 Å². The second-order valence-corrected chi connectivity index (χ2v) is 5.23. The molecule has 1 aliphatic rings. The maximum Gasteiger partial charge on any atom is 0.216 e. The SMILES string of the molecule is COc1ccc2c(c1)C(CCNC(C)=O)CN(C)C2. The fourth-order valence-electron chi connectivity index (χ4n) is 2.72. The number of carbonyl (C=O) groups excluding carboxylic acids is 1. The van der Waals surface area contributed by atoms with Gasteiger partial charge in [0.1, 0.15) is 5.75 Å². The number of hydrogen-bond donors (Lipinski definition) is 1. The quantitative estimate of drug-likeness (QED) is 0.899. The summed E-state index contributed by atoms with van der Waals surface area (Å²) in [5.74, 6) is 1.40. The van der Waals surface area contributed by atoms with E-state index in [0.717, 1.165) is 31.8 Å². The van der Waals surface area contributed by atoms with Gasteiger partial charge in [0, 0.05) is 26.6 Å². The summed E-state index contributed by atoms with van der Waals surface area (Å²) in [5.41, 5.74) is 2.73. The molecule has 1 unspecified atom stereocenters. The van der Waals surface area contributed by atoms with Gasteiger partial charge in [-0.05, 0) is 42.6 Å². The smallest absolute Gasteiger partial charge is 0.216 e. The summed E-state index contributed by atoms with van der Waals surface area (Å²) in [6.45, 7) is 4.30. The van der Waals surface area contributed by atoms with Gasteiger partial charge in [-0.15, -0.1) is 0 Å². The highest BCUT2D eigenvalue weighted by molar-refractivity contribution is 5.72. The van der Waals surface area contributed by atoms with Crippen LogP contribution in [0.2, 0.25) is 0 Å². The molecule has 4 heteroatoms. The lowest BCUT2D eigenvalue weighted by Gasteiger charge is -2.32. The second kappa shape index (κ2) is 6.06. The third kappa shape index (κ3) is 3.47. The van der Waals surface area contributed by atoms with E-state index < -0.39 is 0 Å². The number of ether oxygens (including phenoxy) is 1. The fourth-order valence-corrected chi connectivity index (χ4v) is 2.72. The Labute approximate surface area is 114 Å². The van der Waals surface area contributed by atoms with Gasteiger partial charge in [-0.25, -0.2) is 0 Å². The molecule has 0 radical (unpaired) electrons. The van der Waals surface area contributed by atoms with Crippen molar-refractivity contribution in [1.82, 2.24) is 10.2 Å². The summed E-state index contributed by atoms with van der Waals surface area (Å²) in [6, 6.07) is 6.30. The lowest BCUT2D eigenvalue weighted by atomic mass is 9.87. The molecule has 1 N–H and O–H groups in total. The van der Waals surface area contributed by atoms with Crippen LogP contribution in [0.4, 0.5) is 0 Å². The third-order valence-corrected chi connectivity index (χ3v) is 3.63. The molecule has 4 nitrogen and oxygen atoms in total. The monoisotopic (exact) mass is 262 g/mol. The maximum absolute atomic E-state index is 11.0. The van der Waals surface area contributed by atoms with Gasteiger partial charge in [0.25, 0.3) is 0 Å². The van der Waals surface area contributed by atoms with E-state index in [1.54, 1.807) is 14.0 Å². The maximum atomic E-state index is 11.0. The molecule has 0 spiro atoms. The molecule has 104 valence electrons. The number of rotatable bonds is 4. The molecule has 0 saturated carbocycles. The molecule has 0 fully saturated rings. The Morgan fingerprint density at radius 2 is 2.32 bits per heavy atom. The van der Waals surface area contributed by atoms with Crippen LogP contribution in [-0.2, 0) is 11.3 Å². The summed E-state index contributed by atoms with van der Waals surface area (Å²) in [5, 5.41) is 2.88. The van der Waals surface area contributed by atoms with E-state index in [1.165, 1.54) is 11.1 Å². The van der Waals surface area contributed by atoms with Crippen LogP contribution in [0.1, 0.15) is 30.4 Å². The zero-order valence-corrected chi connectivity index (χ0v) is 11.9. The minimum atomic E-state index is 0.0371. The minimum absolute atomic E-state index is 0.0371. The van der Waals surface area contributed by atoms with Crippen molar-refractivity contribution in [2.24, 2.45) is 0 Å². The summed E-state index contributed by atoms with van der Waals surface area (Å²) in [6.07, 6.45) is 0.962. The Morgan fingerprint density at radius 3 is 3.00 bits per heavy atom. The van der Waals surface area contributed by atoms with Crippen LogP contribution in [0, 0.1) is 0 Å². The highest BCUT2D eigenvalue weighted by Gasteiger charge is 2.23. The standard InChI is InChI=1S/C15H22N2O2/c1-11(18)16-7-6-13-10-17(2)9-12-4-5-14(19-3)8-15(12)13/h4-5,8,13H,6-7,9-10H2,1-3H3,(H,16,18). The number of fused-ring (bicyclic) bond motifs is 1. The zero-order chi connectivity index (χ0) is 13.8. The molecule has 0 aromatic heterocycles. The van der Waals surface area contributed by atoms with Crippen molar-refractivity contribution in [1.29, 1.82) is 0 Å². The molecular weight excluding hydrogens is 240 g/mol. The Bertz CT molecular complexity index is 459. The number of amides is 1. The van der Waals surface area contributed by atoms with Gasteiger partial charge in [-0.1, -0.05) is 6.07 Å². The van der Waals surface area contributed by atoms with Crippen LogP contribution in [0.15, 0.2) is 18.2 Å². The van der Waals surface area contributed by atoms with Gasteiger partial charge in [-0.2, -0.15) is 0 Å². The Balaban J connectivity index is 2.14. The predicted octanol–water partition coefficient (Wildman–Crippen LogP) is 1.75. The fraction of sp³-hybridized carbons (Fsp3) is 0.533. The first-order chi connectivity index (χ1) is 9.10. The van der Waals surface area contributed by atoms with Crippen LogP contribution in [0.3, 0.4) is 0 Å². The topological polar surface area (TPSA) is 41.6 Å². The van der Waals surface area contributed by atoms with Crippen molar-refractivity contribution in [2.45, 2.75) is 25.8 Å². The van der Waals surface area contributed by atoms with Gasteiger partial charge in [0.05, 0.1) is 7.11 Å². The van der Waals surface area contributed by atoms with Crippen molar-refractivity contribution in [3.8, 4) is 5.75 Å². The predicted molar refractivity (Wildman–Crippen MR) is 75.4 cm³/mol. The first-order valence-corrected chi connectivity index (χ1v) is 6.70. The molecule has 1 aliphatic heterocycles. The number of nitrogens with zero attached hydrogens (tertiary/aromatic N) is 1. The Morgan fingerprint density at radius 1 is 1.53 bits per heavy atom. The van der Waals surface area contributed by atoms with Crippen molar-refractivity contribution >= 4 is 5.91 Å². The number of benzene rings is 1. The second-order valence-electron chi connectivity index (χ2n) is 5.23. The average molecular weight is 262 g/mol. The summed E-state index contributed by atoms with van der Waals surface area (Å²) >= 11 is 0. The molecule has 1 amide bonds. The number of hydrogen-bond acceptors (Lipinski definition) is 3. The minimum Gasteiger partial charge on any atom is -0.497 e. The van der Waals surface area contributed by atoms with Gasteiger partial charge in [0.15, 0.2) is 0 Å². The Kier molecular flexibility index (Phi) is 4.43. The van der Waals surface area contributed by atoms with E-state index in [0.29, 0.717) is 5.92 Å². The lowest BCUT2D eigenvalue weighted by Crippen LogP contribution is -2.32. The number of carbonyl (C=O) groups is 1. The van der Waals surface area contributed by atoms with Crippen LogP contribution in [0.5, 0.6) is 5.75 Å². The van der Waals surface area contributed by atoms with E-state index in [2.05, 4.69) is 29.4 Å². The van der Waals surface area contributed by atoms with Crippen LogP contribution < -0.4 is 10.1 Å². The van der Waals surface area contributed by atoms with Crippen molar-refractivity contribution in [2.75, 3.05) is 27.2 Å². The normalized spacial score (nSPS) is 18.8. The van der Waals surface area contributed by atoms with E-state index >= 15 is 0 Å². The van der Waals surface area contributed by atoms with Crippen LogP contribution in [-0.4, -0.2) is 38.1 Å². The first kappa shape index (κ1) is 13.9. The molecule has 19 heavy (non-hydrogen) atoms. The first-order valence-electron chi connectivity index (χ1n) is 6.70. The lowest BCUT2D eigenvalue weighted by molar-refractivity contribution is -0.118. The molecule has 1 heterocycles. The molecule has 0 bridgehead atoms. The molecule has 0 saturated heterocycles. The molecule has 1 atom stereocenters. The van der Waals surface area contributed by atoms with Crippen molar-refractivity contribution in [3.05, 3.63) is 29.3 Å². The van der Waals surface area contributed by atoms with Crippen LogP contribution >= 0.6 is 0 Å². The summed E-state index contributed by atoms with van der Waals surface area (Å²) in [7, 11) is 3.83. The number of methoxy groups -OCH3 is 1. The van der Waals surface area contributed by atoms with E-state index in [9.17, 15) is 4.79 Å². The van der Waals surface area contributed by atoms with Gasteiger partial charge < -0.3 is 15.0 Å². The molecule has 0 aliphatic carbocycles. The summed E-state index contributed by atoms with van der Waals surface area (Å²) < 4.78 is 5.31. The van der Waals surface area contributed by atoms with Crippen molar-refractivity contribution in [3.63, 3.8) is 0 Å². The average Bonchev–Trinajstić information content (AvgIpc) is 2.37. The number of nitrogens with one attached hydrogen (secondary N) is 1.